The van der Waals surface area contributed by atoms with Gasteiger partial charge in [-0.05, 0) is 45.0 Å². The normalized spacial score (nSPS) is 12.1. The third kappa shape index (κ3) is 3.90. The quantitative estimate of drug-likeness (QED) is 0.798. The molecule has 19 heavy (non-hydrogen) atoms. The van der Waals surface area contributed by atoms with Crippen LogP contribution in [0.4, 0.5) is 0 Å². The van der Waals surface area contributed by atoms with Crippen LogP contribution in [0.2, 0.25) is 0 Å². The minimum absolute atomic E-state index is 0.253. The van der Waals surface area contributed by atoms with Crippen molar-refractivity contribution in [3.8, 4) is 5.75 Å². The van der Waals surface area contributed by atoms with E-state index in [4.69, 9.17) is 4.74 Å². The first-order chi connectivity index (χ1) is 8.96. The molecular weight excluding hydrogens is 255 g/mol. The van der Waals surface area contributed by atoms with E-state index in [2.05, 4.69) is 0 Å². The average Bonchev–Trinajstić information content (AvgIpc) is 2.37. The van der Waals surface area contributed by atoms with E-state index in [0.717, 1.165) is 16.4 Å². The molecule has 2 aromatic rings. The van der Waals surface area contributed by atoms with Crippen molar-refractivity contribution in [1.82, 2.24) is 0 Å². The van der Waals surface area contributed by atoms with E-state index in [1.165, 1.54) is 0 Å². The van der Waals surface area contributed by atoms with Crippen LogP contribution >= 0.6 is 7.80 Å². The minimum atomic E-state index is -1.56. The molecule has 2 nitrogen and oxygen atoms in total. The predicted molar refractivity (Wildman–Crippen MR) is 80.1 cm³/mol. The monoisotopic (exact) mass is 273 g/mol. The summed E-state index contributed by atoms with van der Waals surface area (Å²) in [5, 5.41) is 1.63. The van der Waals surface area contributed by atoms with Crippen molar-refractivity contribution < 1.29 is 9.30 Å². The van der Waals surface area contributed by atoms with Crippen LogP contribution in [0.15, 0.2) is 54.6 Å². The zero-order valence-corrected chi connectivity index (χ0v) is 12.4. The molecule has 3 heteroatoms. The minimum Gasteiger partial charge on any atom is -0.488 e. The molecule has 0 bridgehead atoms. The smallest absolute Gasteiger partial charge is 0.415 e. The summed E-state index contributed by atoms with van der Waals surface area (Å²) in [4.78, 5) is 0. The van der Waals surface area contributed by atoms with Gasteiger partial charge in [0, 0.05) is 6.07 Å². The second-order valence-electron chi connectivity index (χ2n) is 5.34. The molecule has 2 aromatic carbocycles. The largest absolute Gasteiger partial charge is 0.488 e. The molecule has 0 N–H and O–H groups in total. The van der Waals surface area contributed by atoms with Gasteiger partial charge in [-0.1, -0.05) is 28.8 Å². The molecule has 1 unspecified atom stereocenters. The summed E-state index contributed by atoms with van der Waals surface area (Å²) in [6, 6.07) is 17.0. The zero-order chi connectivity index (χ0) is 13.9. The lowest BCUT2D eigenvalue weighted by molar-refractivity contribution is 0.131. The molecule has 2 rings (SSSR count). The van der Waals surface area contributed by atoms with Crippen molar-refractivity contribution in [2.24, 2.45) is 0 Å². The van der Waals surface area contributed by atoms with Crippen LogP contribution in [0.3, 0.4) is 0 Å². The molecule has 0 spiro atoms. The molecule has 1 atom stereocenters. The number of ether oxygens (including phenoxy) is 1. The fourth-order valence-corrected chi connectivity index (χ4v) is 2.95. The second-order valence-corrected chi connectivity index (χ2v) is 6.96. The van der Waals surface area contributed by atoms with Crippen molar-refractivity contribution in [3.05, 3.63) is 54.6 Å². The van der Waals surface area contributed by atoms with Crippen LogP contribution in [0.1, 0.15) is 20.8 Å². The van der Waals surface area contributed by atoms with Gasteiger partial charge in [0.15, 0.2) is 10.6 Å². The molecule has 0 saturated heterocycles. The summed E-state index contributed by atoms with van der Waals surface area (Å²) in [6.07, 6.45) is 0. The molecule has 0 heterocycles. The highest BCUT2D eigenvalue weighted by molar-refractivity contribution is 7.61. The lowest BCUT2D eigenvalue weighted by Crippen LogP contribution is -2.23. The van der Waals surface area contributed by atoms with Crippen LogP contribution < -0.4 is 15.3 Å². The lowest BCUT2D eigenvalue weighted by atomic mass is 10.2. The Kier molecular flexibility index (Phi) is 4.01. The first kappa shape index (κ1) is 13.8. The Balaban J connectivity index is 2.27. The summed E-state index contributed by atoms with van der Waals surface area (Å²) >= 11 is 0. The van der Waals surface area contributed by atoms with Gasteiger partial charge >= 0.3 is 7.80 Å². The molecule has 0 aliphatic heterocycles. The lowest BCUT2D eigenvalue weighted by Gasteiger charge is -2.20. The van der Waals surface area contributed by atoms with Gasteiger partial charge in [-0.15, -0.1) is 0 Å². The van der Waals surface area contributed by atoms with Gasteiger partial charge in [0.25, 0.3) is 0 Å². The summed E-state index contributed by atoms with van der Waals surface area (Å²) in [7, 11) is -1.56. The van der Waals surface area contributed by atoms with Crippen LogP contribution in [-0.2, 0) is 4.57 Å². The maximum atomic E-state index is 12.5. The van der Waals surface area contributed by atoms with E-state index < -0.39 is 7.80 Å². The van der Waals surface area contributed by atoms with Gasteiger partial charge in [-0.2, -0.15) is 0 Å². The van der Waals surface area contributed by atoms with E-state index in [0.29, 0.717) is 0 Å². The maximum Gasteiger partial charge on any atom is 0.415 e. The third-order valence-electron chi connectivity index (χ3n) is 2.47. The molecule has 0 aliphatic rings. The first-order valence-corrected chi connectivity index (χ1v) is 7.53. The van der Waals surface area contributed by atoms with E-state index in [1.54, 1.807) is 0 Å². The number of benzene rings is 2. The third-order valence-corrected chi connectivity index (χ3v) is 3.98. The first-order valence-electron chi connectivity index (χ1n) is 6.27. The van der Waals surface area contributed by atoms with E-state index in [1.807, 2.05) is 75.4 Å². The topological polar surface area (TPSA) is 26.3 Å². The Morgan fingerprint density at radius 1 is 0.895 bits per heavy atom. The molecule has 0 amide bonds. The van der Waals surface area contributed by atoms with Gasteiger partial charge in [-0.3, -0.25) is 0 Å². The summed E-state index contributed by atoms with van der Waals surface area (Å²) in [5.41, 5.74) is -0.253. The summed E-state index contributed by atoms with van der Waals surface area (Å²) in [5.74, 6) is 0.754. The number of rotatable bonds is 3. The van der Waals surface area contributed by atoms with Crippen molar-refractivity contribution >= 4 is 18.4 Å². The van der Waals surface area contributed by atoms with Crippen molar-refractivity contribution in [2.75, 3.05) is 0 Å². The molecule has 98 valence electrons. The van der Waals surface area contributed by atoms with Gasteiger partial charge in [0.1, 0.15) is 11.4 Å². The van der Waals surface area contributed by atoms with E-state index in [-0.39, 0.29) is 5.60 Å². The molecule has 0 radical (unpaired) electrons. The van der Waals surface area contributed by atoms with Gasteiger partial charge in [0.2, 0.25) is 0 Å². The highest BCUT2D eigenvalue weighted by atomic mass is 31.1. The highest BCUT2D eigenvalue weighted by Crippen LogP contribution is 2.23. The van der Waals surface area contributed by atoms with Crippen LogP contribution in [0, 0.1) is 0 Å². The van der Waals surface area contributed by atoms with Gasteiger partial charge in [0.05, 0.1) is 0 Å². The van der Waals surface area contributed by atoms with Crippen LogP contribution in [0.5, 0.6) is 5.75 Å². The molecule has 0 aromatic heterocycles. The Bertz CT molecular complexity index is 571. The van der Waals surface area contributed by atoms with E-state index >= 15 is 0 Å². The van der Waals surface area contributed by atoms with Crippen molar-refractivity contribution in [3.63, 3.8) is 0 Å². The Hall–Kier alpha value is -1.66. The Morgan fingerprint density at radius 2 is 1.53 bits per heavy atom. The fourth-order valence-electron chi connectivity index (χ4n) is 1.74. The molecule has 0 saturated carbocycles. The van der Waals surface area contributed by atoms with Crippen LogP contribution in [-0.4, -0.2) is 5.60 Å². The van der Waals surface area contributed by atoms with E-state index in [9.17, 15) is 4.57 Å². The molecule has 0 fully saturated rings. The molecule has 0 aliphatic carbocycles. The van der Waals surface area contributed by atoms with Gasteiger partial charge < -0.3 is 4.74 Å². The standard InChI is InChI=1S/C16H18O2P/c1-16(2,3)18-13-8-7-11-15(12-13)19(17)14-9-5-4-6-10-14/h4-12H,1-3H3/q+1. The zero-order valence-electron chi connectivity index (χ0n) is 11.5. The Labute approximate surface area is 115 Å². The van der Waals surface area contributed by atoms with Crippen molar-refractivity contribution in [2.45, 2.75) is 26.4 Å². The predicted octanol–water partition coefficient (Wildman–Crippen LogP) is 3.64. The fraction of sp³-hybridized carbons (Fsp3) is 0.250. The maximum absolute atomic E-state index is 12.5. The van der Waals surface area contributed by atoms with Gasteiger partial charge in [-0.25, -0.2) is 0 Å². The number of hydrogen-bond acceptors (Lipinski definition) is 2. The average molecular weight is 273 g/mol. The molecular formula is C16H18O2P+. The summed E-state index contributed by atoms with van der Waals surface area (Å²) in [6.45, 7) is 5.99. The van der Waals surface area contributed by atoms with Crippen molar-refractivity contribution in [1.29, 1.82) is 0 Å². The van der Waals surface area contributed by atoms with Crippen LogP contribution in [0.25, 0.3) is 0 Å². The highest BCUT2D eigenvalue weighted by Gasteiger charge is 2.24. The number of hydrogen-bond donors (Lipinski definition) is 0. The summed E-state index contributed by atoms with van der Waals surface area (Å²) < 4.78 is 18.3. The SMILES string of the molecule is CC(C)(C)Oc1cccc([P+](=O)c2ccccc2)c1. The second kappa shape index (κ2) is 5.54. The Morgan fingerprint density at radius 3 is 2.16 bits per heavy atom.